The lowest BCUT2D eigenvalue weighted by Gasteiger charge is -2.34. The first kappa shape index (κ1) is 14.7. The van der Waals surface area contributed by atoms with E-state index in [9.17, 15) is 4.39 Å². The van der Waals surface area contributed by atoms with E-state index in [-0.39, 0.29) is 5.82 Å². The Hall–Kier alpha value is -0.750. The summed E-state index contributed by atoms with van der Waals surface area (Å²) in [5.41, 5.74) is 6.37. The molecule has 1 aliphatic heterocycles. The average molecular weight is 302 g/mol. The topological polar surface area (TPSA) is 32.5 Å². The van der Waals surface area contributed by atoms with Crippen LogP contribution < -0.4 is 5.73 Å². The van der Waals surface area contributed by atoms with E-state index in [1.165, 1.54) is 12.1 Å². The summed E-state index contributed by atoms with van der Waals surface area (Å²) in [6.45, 7) is 5.01. The molecule has 1 heterocycles. The highest BCUT2D eigenvalue weighted by Crippen LogP contribution is 2.19. The number of nitrogens with two attached hydrogens (primary N) is 1. The summed E-state index contributed by atoms with van der Waals surface area (Å²) < 4.78 is 13.2. The Morgan fingerprint density at radius 1 is 1.26 bits per heavy atom. The molecule has 104 valence electrons. The van der Waals surface area contributed by atoms with Crippen molar-refractivity contribution in [2.75, 3.05) is 32.7 Å². The van der Waals surface area contributed by atoms with Crippen LogP contribution in [0.5, 0.6) is 0 Å². The van der Waals surface area contributed by atoms with Gasteiger partial charge in [0.25, 0.3) is 0 Å². The molecule has 1 fully saturated rings. The second kappa shape index (κ2) is 6.61. The quantitative estimate of drug-likeness (QED) is 0.861. The molecule has 0 unspecified atom stereocenters. The molecular weight excluding hydrogens is 285 g/mol. The van der Waals surface area contributed by atoms with Gasteiger partial charge in [0.15, 0.2) is 0 Å². The van der Waals surface area contributed by atoms with E-state index in [0.29, 0.717) is 23.1 Å². The first-order chi connectivity index (χ1) is 9.04. The molecule has 6 heteroatoms. The maximum atomic E-state index is 13.2. The molecule has 1 aliphatic rings. The fourth-order valence-electron chi connectivity index (χ4n) is 2.23. The van der Waals surface area contributed by atoms with Gasteiger partial charge in [-0.05, 0) is 23.8 Å². The van der Waals surface area contributed by atoms with Crippen molar-refractivity contribution in [3.8, 4) is 0 Å². The zero-order valence-corrected chi connectivity index (χ0v) is 12.2. The molecule has 19 heavy (non-hydrogen) atoms. The van der Waals surface area contributed by atoms with Crippen LogP contribution in [0.25, 0.3) is 0 Å². The molecule has 0 aliphatic carbocycles. The van der Waals surface area contributed by atoms with E-state index in [0.717, 1.165) is 31.7 Å². The van der Waals surface area contributed by atoms with Crippen LogP contribution in [-0.4, -0.2) is 47.5 Å². The Morgan fingerprint density at radius 3 is 2.53 bits per heavy atom. The Balaban J connectivity index is 1.88. The van der Waals surface area contributed by atoms with Gasteiger partial charge in [-0.3, -0.25) is 9.80 Å². The largest absolute Gasteiger partial charge is 0.392 e. The summed E-state index contributed by atoms with van der Waals surface area (Å²) in [4.78, 5) is 5.02. The Kier molecular flexibility index (Phi) is 5.10. The van der Waals surface area contributed by atoms with Crippen molar-refractivity contribution in [2.24, 2.45) is 5.73 Å². The molecule has 0 amide bonds. The summed E-state index contributed by atoms with van der Waals surface area (Å²) in [6, 6.07) is 4.49. The SMILES string of the molecule is NC(=S)CN1CCN(Cc2cc(F)ccc2Cl)CC1. The summed E-state index contributed by atoms with van der Waals surface area (Å²) in [5, 5.41) is 0.618. The Labute approximate surface area is 123 Å². The van der Waals surface area contributed by atoms with Gasteiger partial charge in [0.1, 0.15) is 5.82 Å². The minimum atomic E-state index is -0.244. The number of nitrogens with zero attached hydrogens (tertiary/aromatic N) is 2. The van der Waals surface area contributed by atoms with Crippen LogP contribution in [0.15, 0.2) is 18.2 Å². The lowest BCUT2D eigenvalue weighted by molar-refractivity contribution is 0.140. The van der Waals surface area contributed by atoms with Crippen LogP contribution >= 0.6 is 23.8 Å². The summed E-state index contributed by atoms with van der Waals surface area (Å²) >= 11 is 11.0. The molecule has 0 spiro atoms. The lowest BCUT2D eigenvalue weighted by Crippen LogP contribution is -2.48. The molecule has 2 N–H and O–H groups in total. The van der Waals surface area contributed by atoms with Crippen molar-refractivity contribution >= 4 is 28.8 Å². The monoisotopic (exact) mass is 301 g/mol. The van der Waals surface area contributed by atoms with Gasteiger partial charge < -0.3 is 5.73 Å². The molecule has 1 aromatic rings. The first-order valence-corrected chi connectivity index (χ1v) is 7.00. The smallest absolute Gasteiger partial charge is 0.123 e. The van der Waals surface area contributed by atoms with Gasteiger partial charge in [-0.1, -0.05) is 23.8 Å². The van der Waals surface area contributed by atoms with E-state index in [2.05, 4.69) is 9.80 Å². The molecule has 0 aromatic heterocycles. The van der Waals surface area contributed by atoms with E-state index in [4.69, 9.17) is 29.6 Å². The van der Waals surface area contributed by atoms with E-state index in [1.807, 2.05) is 0 Å². The lowest BCUT2D eigenvalue weighted by atomic mass is 10.2. The third kappa shape index (κ3) is 4.38. The van der Waals surface area contributed by atoms with Gasteiger partial charge in [0.2, 0.25) is 0 Å². The van der Waals surface area contributed by atoms with Gasteiger partial charge in [0, 0.05) is 44.3 Å². The number of piperazine rings is 1. The maximum Gasteiger partial charge on any atom is 0.123 e. The van der Waals surface area contributed by atoms with Gasteiger partial charge in [0.05, 0.1) is 4.99 Å². The zero-order chi connectivity index (χ0) is 13.8. The van der Waals surface area contributed by atoms with E-state index >= 15 is 0 Å². The minimum Gasteiger partial charge on any atom is -0.392 e. The molecule has 1 aromatic carbocycles. The molecule has 3 nitrogen and oxygen atoms in total. The van der Waals surface area contributed by atoms with Crippen molar-refractivity contribution in [3.05, 3.63) is 34.6 Å². The predicted octanol–water partition coefficient (Wildman–Crippen LogP) is 1.88. The van der Waals surface area contributed by atoms with Gasteiger partial charge in [-0.25, -0.2) is 4.39 Å². The average Bonchev–Trinajstić information content (AvgIpc) is 2.35. The molecule has 0 saturated carbocycles. The van der Waals surface area contributed by atoms with Crippen LogP contribution in [0.4, 0.5) is 4.39 Å². The van der Waals surface area contributed by atoms with Crippen molar-refractivity contribution in [2.45, 2.75) is 6.54 Å². The van der Waals surface area contributed by atoms with Crippen molar-refractivity contribution < 1.29 is 4.39 Å². The van der Waals surface area contributed by atoms with Crippen molar-refractivity contribution in [1.82, 2.24) is 9.80 Å². The fourth-order valence-corrected chi connectivity index (χ4v) is 2.59. The predicted molar refractivity (Wildman–Crippen MR) is 79.9 cm³/mol. The van der Waals surface area contributed by atoms with Gasteiger partial charge >= 0.3 is 0 Å². The second-order valence-corrected chi connectivity index (χ2v) is 5.69. The third-order valence-electron chi connectivity index (χ3n) is 3.25. The Bertz CT molecular complexity index is 461. The van der Waals surface area contributed by atoms with Crippen LogP contribution in [-0.2, 0) is 6.54 Å². The van der Waals surface area contributed by atoms with Crippen molar-refractivity contribution in [3.63, 3.8) is 0 Å². The Morgan fingerprint density at radius 2 is 1.89 bits per heavy atom. The van der Waals surface area contributed by atoms with Crippen LogP contribution in [0.1, 0.15) is 5.56 Å². The van der Waals surface area contributed by atoms with Gasteiger partial charge in [-0.15, -0.1) is 0 Å². The fraction of sp³-hybridized carbons (Fsp3) is 0.462. The number of halogens is 2. The van der Waals surface area contributed by atoms with E-state index < -0.39 is 0 Å². The second-order valence-electron chi connectivity index (χ2n) is 4.75. The van der Waals surface area contributed by atoms with Crippen LogP contribution in [0.2, 0.25) is 5.02 Å². The third-order valence-corrected chi connectivity index (χ3v) is 3.74. The normalized spacial score (nSPS) is 17.6. The molecule has 2 rings (SSSR count). The first-order valence-electron chi connectivity index (χ1n) is 6.21. The molecule has 0 atom stereocenters. The number of thiocarbonyl (C=S) groups is 1. The minimum absolute atomic E-state index is 0.244. The highest BCUT2D eigenvalue weighted by atomic mass is 35.5. The molecule has 1 saturated heterocycles. The highest BCUT2D eigenvalue weighted by Gasteiger charge is 2.18. The zero-order valence-electron chi connectivity index (χ0n) is 10.6. The summed E-state index contributed by atoms with van der Waals surface area (Å²) in [7, 11) is 0. The number of hydrogen-bond acceptors (Lipinski definition) is 3. The van der Waals surface area contributed by atoms with Crippen molar-refractivity contribution in [1.29, 1.82) is 0 Å². The summed E-state index contributed by atoms with van der Waals surface area (Å²) in [5.74, 6) is -0.244. The maximum absolute atomic E-state index is 13.2. The van der Waals surface area contributed by atoms with E-state index in [1.54, 1.807) is 6.07 Å². The summed E-state index contributed by atoms with van der Waals surface area (Å²) in [6.07, 6.45) is 0. The number of hydrogen-bond donors (Lipinski definition) is 1. The molecule has 0 radical (unpaired) electrons. The van der Waals surface area contributed by atoms with Gasteiger partial charge in [-0.2, -0.15) is 0 Å². The molecule has 0 bridgehead atoms. The van der Waals surface area contributed by atoms with Crippen LogP contribution in [0.3, 0.4) is 0 Å². The molecular formula is C13H17ClFN3S. The standard InChI is InChI=1S/C13H17ClFN3S/c14-12-2-1-11(15)7-10(12)8-17-3-5-18(6-4-17)9-13(16)19/h1-2,7H,3-6,8-9H2,(H2,16,19). The highest BCUT2D eigenvalue weighted by molar-refractivity contribution is 7.80. The number of benzene rings is 1. The van der Waals surface area contributed by atoms with Crippen LogP contribution in [0, 0.1) is 5.82 Å². The number of rotatable bonds is 4.